The van der Waals surface area contributed by atoms with Crippen molar-refractivity contribution in [3.63, 3.8) is 0 Å². The smallest absolute Gasteiger partial charge is 0.155 e. The van der Waals surface area contributed by atoms with E-state index < -0.39 is 0 Å². The van der Waals surface area contributed by atoms with Gasteiger partial charge in [0.2, 0.25) is 0 Å². The van der Waals surface area contributed by atoms with E-state index in [2.05, 4.69) is 80.9 Å². The topological polar surface area (TPSA) is 66.5 Å². The van der Waals surface area contributed by atoms with E-state index in [4.69, 9.17) is 0 Å². The molecule has 1 atom stereocenters. The lowest BCUT2D eigenvalue weighted by atomic mass is 10.0. The van der Waals surface area contributed by atoms with Gasteiger partial charge in [-0.3, -0.25) is 10.1 Å². The summed E-state index contributed by atoms with van der Waals surface area (Å²) in [5.41, 5.74) is 6.24. The predicted octanol–water partition coefficient (Wildman–Crippen LogP) is 5.35. The standard InChI is InChI=1S/C23H19N5/c1-15(16-5-3-2-4-6-16)27-22-9-10-24-21-8-7-17(12-20(21)22)18-11-19-14-26-28-23(19)25-13-18/h2-15H,1H3,(H,24,27)(H,25,26,28)/t15-/m1/s1. The average Bonchev–Trinajstić information content (AvgIpc) is 3.22. The number of nitrogens with zero attached hydrogens (tertiary/aromatic N) is 3. The molecule has 0 spiro atoms. The van der Waals surface area contributed by atoms with E-state index >= 15 is 0 Å². The van der Waals surface area contributed by atoms with Crippen molar-refractivity contribution in [2.75, 3.05) is 5.32 Å². The van der Waals surface area contributed by atoms with Crippen molar-refractivity contribution in [3.05, 3.63) is 84.8 Å². The molecule has 0 saturated heterocycles. The van der Waals surface area contributed by atoms with Gasteiger partial charge in [0.15, 0.2) is 5.65 Å². The van der Waals surface area contributed by atoms with Crippen LogP contribution in [0.3, 0.4) is 0 Å². The van der Waals surface area contributed by atoms with Gasteiger partial charge in [-0.2, -0.15) is 5.10 Å². The molecule has 3 heterocycles. The van der Waals surface area contributed by atoms with Crippen LogP contribution < -0.4 is 5.32 Å². The van der Waals surface area contributed by atoms with Gasteiger partial charge < -0.3 is 5.32 Å². The van der Waals surface area contributed by atoms with Crippen molar-refractivity contribution in [3.8, 4) is 11.1 Å². The van der Waals surface area contributed by atoms with Crippen LogP contribution in [0.2, 0.25) is 0 Å². The second kappa shape index (κ2) is 6.78. The van der Waals surface area contributed by atoms with Gasteiger partial charge in [0.1, 0.15) is 0 Å². The van der Waals surface area contributed by atoms with E-state index in [0.29, 0.717) is 0 Å². The molecule has 0 amide bonds. The first-order valence-electron chi connectivity index (χ1n) is 9.28. The summed E-state index contributed by atoms with van der Waals surface area (Å²) in [7, 11) is 0. The fourth-order valence-corrected chi connectivity index (χ4v) is 3.50. The maximum atomic E-state index is 4.53. The molecule has 5 rings (SSSR count). The monoisotopic (exact) mass is 365 g/mol. The van der Waals surface area contributed by atoms with Crippen molar-refractivity contribution in [2.45, 2.75) is 13.0 Å². The van der Waals surface area contributed by atoms with Crippen molar-refractivity contribution >= 4 is 27.6 Å². The number of rotatable bonds is 4. The number of pyridine rings is 2. The summed E-state index contributed by atoms with van der Waals surface area (Å²) in [6.07, 6.45) is 5.52. The normalized spacial score (nSPS) is 12.3. The minimum absolute atomic E-state index is 0.194. The molecule has 0 aliphatic rings. The van der Waals surface area contributed by atoms with Crippen LogP contribution in [0.15, 0.2) is 79.3 Å². The lowest BCUT2D eigenvalue weighted by Crippen LogP contribution is -2.07. The molecule has 28 heavy (non-hydrogen) atoms. The highest BCUT2D eigenvalue weighted by Gasteiger charge is 2.10. The maximum absolute atomic E-state index is 4.53. The predicted molar refractivity (Wildman–Crippen MR) is 113 cm³/mol. The van der Waals surface area contributed by atoms with Gasteiger partial charge in [0, 0.05) is 40.5 Å². The Labute approximate surface area is 162 Å². The zero-order valence-corrected chi connectivity index (χ0v) is 15.4. The Bertz CT molecular complexity index is 1260. The summed E-state index contributed by atoms with van der Waals surface area (Å²) in [5, 5.41) is 12.7. The number of anilines is 1. The molecule has 0 saturated carbocycles. The van der Waals surface area contributed by atoms with Crippen LogP contribution in [0.4, 0.5) is 5.69 Å². The minimum Gasteiger partial charge on any atom is -0.378 e. The first-order valence-corrected chi connectivity index (χ1v) is 9.28. The van der Waals surface area contributed by atoms with Crippen molar-refractivity contribution < 1.29 is 0 Å². The zero-order valence-electron chi connectivity index (χ0n) is 15.4. The molecular weight excluding hydrogens is 346 g/mol. The summed E-state index contributed by atoms with van der Waals surface area (Å²) in [4.78, 5) is 8.99. The van der Waals surface area contributed by atoms with E-state index in [0.717, 1.165) is 38.8 Å². The fourth-order valence-electron chi connectivity index (χ4n) is 3.50. The van der Waals surface area contributed by atoms with Gasteiger partial charge >= 0.3 is 0 Å². The highest BCUT2D eigenvalue weighted by atomic mass is 15.1. The molecule has 5 nitrogen and oxygen atoms in total. The summed E-state index contributed by atoms with van der Waals surface area (Å²) in [6, 6.07) is 21.1. The lowest BCUT2D eigenvalue weighted by Gasteiger charge is -2.17. The Hall–Kier alpha value is -3.73. The SMILES string of the molecule is C[C@@H](Nc1ccnc2ccc(-c3cnc4[nH]ncc4c3)cc12)c1ccccc1. The molecule has 2 N–H and O–H groups in total. The molecule has 2 aromatic carbocycles. The minimum atomic E-state index is 0.194. The molecule has 0 bridgehead atoms. The summed E-state index contributed by atoms with van der Waals surface area (Å²) >= 11 is 0. The molecule has 5 heteroatoms. The molecule has 3 aromatic heterocycles. The second-order valence-electron chi connectivity index (χ2n) is 6.90. The zero-order chi connectivity index (χ0) is 18.9. The number of hydrogen-bond donors (Lipinski definition) is 2. The summed E-state index contributed by atoms with van der Waals surface area (Å²) in [6.45, 7) is 2.17. The molecule has 136 valence electrons. The van der Waals surface area contributed by atoms with Crippen LogP contribution in [-0.4, -0.2) is 20.2 Å². The largest absolute Gasteiger partial charge is 0.378 e. The number of aromatic nitrogens is 4. The Morgan fingerprint density at radius 2 is 1.79 bits per heavy atom. The van der Waals surface area contributed by atoms with E-state index in [-0.39, 0.29) is 6.04 Å². The first kappa shape index (κ1) is 16.4. The molecule has 0 aliphatic carbocycles. The van der Waals surface area contributed by atoms with Crippen molar-refractivity contribution in [1.29, 1.82) is 0 Å². The molecule has 0 fully saturated rings. The quantitative estimate of drug-likeness (QED) is 0.451. The van der Waals surface area contributed by atoms with Gasteiger partial charge in [0.25, 0.3) is 0 Å². The molecular formula is C23H19N5. The first-order chi connectivity index (χ1) is 13.8. The van der Waals surface area contributed by atoms with Crippen LogP contribution in [0.1, 0.15) is 18.5 Å². The van der Waals surface area contributed by atoms with Crippen LogP contribution in [0, 0.1) is 0 Å². The van der Waals surface area contributed by atoms with Crippen molar-refractivity contribution in [1.82, 2.24) is 20.2 Å². The molecule has 5 aromatic rings. The number of fused-ring (bicyclic) bond motifs is 2. The third-order valence-electron chi connectivity index (χ3n) is 5.04. The molecule has 0 radical (unpaired) electrons. The van der Waals surface area contributed by atoms with Gasteiger partial charge in [0.05, 0.1) is 11.7 Å². The highest BCUT2D eigenvalue weighted by molar-refractivity contribution is 5.95. The maximum Gasteiger partial charge on any atom is 0.155 e. The van der Waals surface area contributed by atoms with Crippen LogP contribution in [0.5, 0.6) is 0 Å². The van der Waals surface area contributed by atoms with Gasteiger partial charge in [-0.05, 0) is 42.3 Å². The third-order valence-corrected chi connectivity index (χ3v) is 5.04. The van der Waals surface area contributed by atoms with Crippen LogP contribution in [-0.2, 0) is 0 Å². The van der Waals surface area contributed by atoms with Gasteiger partial charge in [-0.25, -0.2) is 4.98 Å². The number of nitrogens with one attached hydrogen (secondary N) is 2. The number of hydrogen-bond acceptors (Lipinski definition) is 4. The summed E-state index contributed by atoms with van der Waals surface area (Å²) in [5.74, 6) is 0. The Morgan fingerprint density at radius 1 is 0.893 bits per heavy atom. The average molecular weight is 365 g/mol. The molecule has 0 unspecified atom stereocenters. The van der Waals surface area contributed by atoms with Crippen LogP contribution >= 0.6 is 0 Å². The van der Waals surface area contributed by atoms with E-state index in [9.17, 15) is 0 Å². The summed E-state index contributed by atoms with van der Waals surface area (Å²) < 4.78 is 0. The van der Waals surface area contributed by atoms with Gasteiger partial charge in [-0.15, -0.1) is 0 Å². The van der Waals surface area contributed by atoms with E-state index in [1.54, 1.807) is 6.20 Å². The highest BCUT2D eigenvalue weighted by Crippen LogP contribution is 2.30. The number of aromatic amines is 1. The lowest BCUT2D eigenvalue weighted by molar-refractivity contribution is 0.886. The van der Waals surface area contributed by atoms with E-state index in [1.807, 2.05) is 24.5 Å². The van der Waals surface area contributed by atoms with Gasteiger partial charge in [-0.1, -0.05) is 36.4 Å². The fraction of sp³-hybridized carbons (Fsp3) is 0.0870. The number of H-pyrrole nitrogens is 1. The number of benzene rings is 2. The Kier molecular flexibility index (Phi) is 3.98. The van der Waals surface area contributed by atoms with Crippen molar-refractivity contribution in [2.24, 2.45) is 0 Å². The molecule has 0 aliphatic heterocycles. The second-order valence-corrected chi connectivity index (χ2v) is 6.90. The van der Waals surface area contributed by atoms with E-state index in [1.165, 1.54) is 5.56 Å². The van der Waals surface area contributed by atoms with Crippen LogP contribution in [0.25, 0.3) is 33.1 Å². The third kappa shape index (κ3) is 2.97. The Balaban J connectivity index is 1.56. The Morgan fingerprint density at radius 3 is 2.68 bits per heavy atom.